The molecule has 0 spiro atoms. The van der Waals surface area contributed by atoms with Gasteiger partial charge >= 0.3 is 0 Å². The standard InChI is InChI=1S/C6H13N2/c7-6(8)4-2-1-3-5-6/h7H,1-5,8H2. The third-order valence-electron chi connectivity index (χ3n) is 1.75. The molecule has 8 heavy (non-hydrogen) atoms. The van der Waals surface area contributed by atoms with Gasteiger partial charge in [-0.05, 0) is 12.8 Å². The van der Waals surface area contributed by atoms with Crippen molar-refractivity contribution >= 4 is 0 Å². The van der Waals surface area contributed by atoms with E-state index >= 15 is 0 Å². The topological polar surface area (TPSA) is 49.8 Å². The summed E-state index contributed by atoms with van der Waals surface area (Å²) in [6.07, 6.45) is 5.37. The van der Waals surface area contributed by atoms with Crippen LogP contribution in [-0.4, -0.2) is 5.66 Å². The molecule has 1 radical (unpaired) electrons. The summed E-state index contributed by atoms with van der Waals surface area (Å²) in [6, 6.07) is 0. The third-order valence-corrected chi connectivity index (χ3v) is 1.75. The average Bonchev–Trinajstić information content (AvgIpc) is 1.65. The van der Waals surface area contributed by atoms with Crippen LogP contribution in [0.4, 0.5) is 0 Å². The lowest BCUT2D eigenvalue weighted by Crippen LogP contribution is -2.42. The molecule has 0 aromatic rings. The van der Waals surface area contributed by atoms with Crippen molar-refractivity contribution in [3.05, 3.63) is 0 Å². The quantitative estimate of drug-likeness (QED) is 0.498. The molecule has 0 aliphatic heterocycles. The summed E-state index contributed by atoms with van der Waals surface area (Å²) in [5.74, 6) is 0. The summed E-state index contributed by atoms with van der Waals surface area (Å²) in [5, 5.41) is 0. The zero-order chi connectivity index (χ0) is 6.04. The normalized spacial score (nSPS) is 27.8. The number of hydrogen-bond acceptors (Lipinski definition) is 1. The molecule has 1 aliphatic carbocycles. The van der Waals surface area contributed by atoms with E-state index in [9.17, 15) is 0 Å². The summed E-state index contributed by atoms with van der Waals surface area (Å²) in [5.41, 5.74) is 12.4. The largest absolute Gasteiger partial charge is 0.312 e. The minimum absolute atomic E-state index is 0.571. The fraction of sp³-hybridized carbons (Fsp3) is 1.00. The fourth-order valence-electron chi connectivity index (χ4n) is 1.18. The lowest BCUT2D eigenvalue weighted by atomic mass is 9.91. The Kier molecular flexibility index (Phi) is 1.54. The van der Waals surface area contributed by atoms with Crippen LogP contribution in [-0.2, 0) is 0 Å². The monoisotopic (exact) mass is 113 g/mol. The zero-order valence-corrected chi connectivity index (χ0v) is 5.11. The van der Waals surface area contributed by atoms with Gasteiger partial charge in [-0.15, -0.1) is 0 Å². The van der Waals surface area contributed by atoms with Gasteiger partial charge in [0.05, 0.1) is 5.66 Å². The molecular weight excluding hydrogens is 100 g/mol. The van der Waals surface area contributed by atoms with Crippen molar-refractivity contribution in [2.24, 2.45) is 5.73 Å². The first-order valence-electron chi connectivity index (χ1n) is 3.25. The molecule has 2 heteroatoms. The second kappa shape index (κ2) is 2.03. The number of nitrogens with one attached hydrogen (secondary N) is 1. The van der Waals surface area contributed by atoms with Crippen molar-refractivity contribution < 1.29 is 0 Å². The first-order chi connectivity index (χ1) is 3.71. The molecule has 1 fully saturated rings. The van der Waals surface area contributed by atoms with Gasteiger partial charge in [-0.3, -0.25) is 0 Å². The molecular formula is C6H13N2. The molecule has 2 nitrogen and oxygen atoms in total. The van der Waals surface area contributed by atoms with Crippen LogP contribution in [0.2, 0.25) is 0 Å². The Morgan fingerprint density at radius 1 is 1.12 bits per heavy atom. The maximum absolute atomic E-state index is 7.40. The summed E-state index contributed by atoms with van der Waals surface area (Å²) in [7, 11) is 0. The Bertz CT molecular complexity index is 70.6. The molecule has 3 N–H and O–H groups in total. The van der Waals surface area contributed by atoms with Crippen LogP contribution in [0.25, 0.3) is 0 Å². The van der Waals surface area contributed by atoms with Gasteiger partial charge in [0.2, 0.25) is 0 Å². The molecule has 0 atom stereocenters. The zero-order valence-electron chi connectivity index (χ0n) is 5.11. The van der Waals surface area contributed by atoms with Gasteiger partial charge in [-0.25, -0.2) is 5.73 Å². The Morgan fingerprint density at radius 2 is 1.62 bits per heavy atom. The van der Waals surface area contributed by atoms with E-state index in [1.807, 2.05) is 0 Å². The maximum Gasteiger partial charge on any atom is 0.0792 e. The van der Waals surface area contributed by atoms with E-state index < -0.39 is 5.66 Å². The highest BCUT2D eigenvalue weighted by molar-refractivity contribution is 4.79. The van der Waals surface area contributed by atoms with Gasteiger partial charge in [0.25, 0.3) is 0 Å². The van der Waals surface area contributed by atoms with E-state index in [1.54, 1.807) is 0 Å². The van der Waals surface area contributed by atoms with Gasteiger partial charge in [-0.2, -0.15) is 0 Å². The van der Waals surface area contributed by atoms with Crippen LogP contribution in [0.15, 0.2) is 0 Å². The number of rotatable bonds is 0. The van der Waals surface area contributed by atoms with E-state index in [1.165, 1.54) is 6.42 Å². The summed E-state index contributed by atoms with van der Waals surface area (Å²) < 4.78 is 0. The predicted molar refractivity (Wildman–Crippen MR) is 33.1 cm³/mol. The van der Waals surface area contributed by atoms with Gasteiger partial charge in [0, 0.05) is 0 Å². The molecule has 1 aliphatic rings. The molecule has 0 unspecified atom stereocenters. The van der Waals surface area contributed by atoms with Crippen molar-refractivity contribution in [3.63, 3.8) is 0 Å². The smallest absolute Gasteiger partial charge is 0.0792 e. The molecule has 1 rings (SSSR count). The lowest BCUT2D eigenvalue weighted by molar-refractivity contribution is 0.295. The second-order valence-corrected chi connectivity index (χ2v) is 2.72. The number of hydrogen-bond donors (Lipinski definition) is 1. The second-order valence-electron chi connectivity index (χ2n) is 2.72. The van der Waals surface area contributed by atoms with Crippen molar-refractivity contribution in [1.82, 2.24) is 5.73 Å². The minimum atomic E-state index is -0.571. The van der Waals surface area contributed by atoms with E-state index in [4.69, 9.17) is 11.5 Å². The summed E-state index contributed by atoms with van der Waals surface area (Å²) in [6.45, 7) is 0. The Hall–Kier alpha value is -0.0800. The molecule has 0 aromatic carbocycles. The molecule has 0 aromatic heterocycles. The van der Waals surface area contributed by atoms with Gasteiger partial charge in [0.1, 0.15) is 0 Å². The Labute approximate surface area is 50.2 Å². The van der Waals surface area contributed by atoms with Crippen molar-refractivity contribution in [2.75, 3.05) is 0 Å². The van der Waals surface area contributed by atoms with E-state index in [2.05, 4.69) is 0 Å². The van der Waals surface area contributed by atoms with E-state index in [-0.39, 0.29) is 0 Å². The Balaban J connectivity index is 2.33. The fourth-order valence-corrected chi connectivity index (χ4v) is 1.18. The van der Waals surface area contributed by atoms with Gasteiger partial charge in [0.15, 0.2) is 0 Å². The van der Waals surface area contributed by atoms with Crippen LogP contribution >= 0.6 is 0 Å². The van der Waals surface area contributed by atoms with Crippen molar-refractivity contribution in [1.29, 1.82) is 0 Å². The first kappa shape index (κ1) is 6.05. The SMILES string of the molecule is [NH]C1(N)CCCCC1. The lowest BCUT2D eigenvalue weighted by Gasteiger charge is -2.27. The maximum atomic E-state index is 7.40. The highest BCUT2D eigenvalue weighted by Gasteiger charge is 2.22. The predicted octanol–water partition coefficient (Wildman–Crippen LogP) is 0.888. The van der Waals surface area contributed by atoms with Crippen LogP contribution in [0.3, 0.4) is 0 Å². The van der Waals surface area contributed by atoms with Crippen LogP contribution < -0.4 is 11.5 Å². The van der Waals surface area contributed by atoms with Crippen molar-refractivity contribution in [3.8, 4) is 0 Å². The van der Waals surface area contributed by atoms with E-state index in [0.717, 1.165) is 25.7 Å². The van der Waals surface area contributed by atoms with Crippen LogP contribution in [0.1, 0.15) is 32.1 Å². The van der Waals surface area contributed by atoms with E-state index in [0.29, 0.717) is 0 Å². The first-order valence-corrected chi connectivity index (χ1v) is 3.25. The van der Waals surface area contributed by atoms with Gasteiger partial charge in [-0.1, -0.05) is 19.3 Å². The highest BCUT2D eigenvalue weighted by atomic mass is 14.9. The average molecular weight is 113 g/mol. The molecule has 0 bridgehead atoms. The molecule has 0 heterocycles. The summed E-state index contributed by atoms with van der Waals surface area (Å²) in [4.78, 5) is 0. The third kappa shape index (κ3) is 1.46. The number of nitrogens with two attached hydrogens (primary N) is 1. The Morgan fingerprint density at radius 3 is 1.88 bits per heavy atom. The van der Waals surface area contributed by atoms with Crippen LogP contribution in [0, 0.1) is 0 Å². The molecule has 0 amide bonds. The highest BCUT2D eigenvalue weighted by Crippen LogP contribution is 2.21. The molecule has 1 saturated carbocycles. The molecule has 47 valence electrons. The minimum Gasteiger partial charge on any atom is -0.312 e. The van der Waals surface area contributed by atoms with Crippen molar-refractivity contribution in [2.45, 2.75) is 37.8 Å². The van der Waals surface area contributed by atoms with Crippen LogP contribution in [0.5, 0.6) is 0 Å². The van der Waals surface area contributed by atoms with Gasteiger partial charge < -0.3 is 5.73 Å². The molecule has 0 saturated heterocycles. The summed E-state index contributed by atoms with van der Waals surface area (Å²) >= 11 is 0.